The van der Waals surface area contributed by atoms with Crippen LogP contribution in [0.15, 0.2) is 71.9 Å². The lowest BCUT2D eigenvalue weighted by atomic mass is 10.1. The van der Waals surface area contributed by atoms with Gasteiger partial charge in [-0.05, 0) is 67.3 Å². The van der Waals surface area contributed by atoms with Crippen LogP contribution in [-0.4, -0.2) is 26.4 Å². The molecule has 4 rings (SSSR count). The van der Waals surface area contributed by atoms with E-state index in [1.807, 2.05) is 41.8 Å². The fourth-order valence-corrected chi connectivity index (χ4v) is 4.40. The summed E-state index contributed by atoms with van der Waals surface area (Å²) >= 11 is 7.44. The van der Waals surface area contributed by atoms with E-state index in [-0.39, 0.29) is 11.7 Å². The van der Waals surface area contributed by atoms with Gasteiger partial charge in [0, 0.05) is 22.8 Å². The molecule has 0 atom stereocenters. The number of hydrogen-bond donors (Lipinski definition) is 1. The van der Waals surface area contributed by atoms with E-state index in [0.717, 1.165) is 22.6 Å². The molecular weight excluding hydrogens is 452 g/mol. The largest absolute Gasteiger partial charge is 0.325 e. The zero-order valence-corrected chi connectivity index (χ0v) is 20.4. The van der Waals surface area contributed by atoms with Crippen LogP contribution in [0.4, 0.5) is 5.69 Å². The van der Waals surface area contributed by atoms with Gasteiger partial charge < -0.3 is 5.32 Å². The molecule has 0 fully saturated rings. The smallest absolute Gasteiger partial charge is 0.234 e. The lowest BCUT2D eigenvalue weighted by Crippen LogP contribution is -2.15. The molecule has 1 heterocycles. The molecule has 4 aromatic rings. The normalized spacial score (nSPS) is 10.9. The van der Waals surface area contributed by atoms with Crippen molar-refractivity contribution < 1.29 is 4.79 Å². The number of benzene rings is 3. The first-order valence-corrected chi connectivity index (χ1v) is 12.0. The number of carbonyl (C=O) groups is 1. The molecule has 3 aromatic carbocycles. The summed E-state index contributed by atoms with van der Waals surface area (Å²) in [4.78, 5) is 12.7. The Morgan fingerprint density at radius 2 is 1.70 bits per heavy atom. The van der Waals surface area contributed by atoms with Gasteiger partial charge in [0.2, 0.25) is 5.91 Å². The van der Waals surface area contributed by atoms with Crippen LogP contribution >= 0.6 is 23.4 Å². The third-order valence-electron chi connectivity index (χ3n) is 5.46. The Kier molecular flexibility index (Phi) is 7.16. The summed E-state index contributed by atoms with van der Waals surface area (Å²) < 4.78 is 2.04. The predicted molar refractivity (Wildman–Crippen MR) is 136 cm³/mol. The van der Waals surface area contributed by atoms with Crippen LogP contribution in [0.3, 0.4) is 0 Å². The zero-order valence-electron chi connectivity index (χ0n) is 18.8. The summed E-state index contributed by atoms with van der Waals surface area (Å²) in [5.41, 5.74) is 6.23. The highest BCUT2D eigenvalue weighted by Gasteiger charge is 2.17. The van der Waals surface area contributed by atoms with Crippen molar-refractivity contribution in [3.05, 3.63) is 99.8 Å². The zero-order chi connectivity index (χ0) is 23.4. The van der Waals surface area contributed by atoms with Gasteiger partial charge in [-0.3, -0.25) is 9.36 Å². The minimum Gasteiger partial charge on any atom is -0.325 e. The molecule has 0 aliphatic heterocycles. The second kappa shape index (κ2) is 10.2. The molecule has 0 saturated carbocycles. The monoisotopic (exact) mass is 476 g/mol. The van der Waals surface area contributed by atoms with Crippen LogP contribution in [0.5, 0.6) is 0 Å². The van der Waals surface area contributed by atoms with Crippen molar-refractivity contribution >= 4 is 35.0 Å². The van der Waals surface area contributed by atoms with E-state index in [1.54, 1.807) is 6.07 Å². The van der Waals surface area contributed by atoms with E-state index in [4.69, 9.17) is 11.6 Å². The minimum atomic E-state index is -0.121. The Bertz CT molecular complexity index is 1290. The molecule has 1 N–H and O–H groups in total. The second-order valence-corrected chi connectivity index (χ2v) is 9.34. The van der Waals surface area contributed by atoms with Gasteiger partial charge in [0.15, 0.2) is 5.16 Å². The Balaban J connectivity index is 1.58. The van der Waals surface area contributed by atoms with Crippen LogP contribution in [-0.2, 0) is 11.2 Å². The number of aryl methyl sites for hydroxylation is 3. The van der Waals surface area contributed by atoms with Gasteiger partial charge >= 0.3 is 0 Å². The fourth-order valence-electron chi connectivity index (χ4n) is 3.46. The maximum Gasteiger partial charge on any atom is 0.234 e. The molecule has 0 spiro atoms. The fraction of sp³-hybridized carbons (Fsp3) is 0.192. The molecule has 0 aliphatic rings. The number of halogens is 1. The highest BCUT2D eigenvalue weighted by molar-refractivity contribution is 7.99. The van der Waals surface area contributed by atoms with Crippen molar-refractivity contribution in [2.24, 2.45) is 0 Å². The number of nitrogens with zero attached hydrogens (tertiary/aromatic N) is 3. The molecule has 0 unspecified atom stereocenters. The topological polar surface area (TPSA) is 59.8 Å². The molecular formula is C26H25ClN4OS. The van der Waals surface area contributed by atoms with Crippen molar-refractivity contribution in [1.82, 2.24) is 14.8 Å². The molecule has 7 heteroatoms. The molecule has 0 radical (unpaired) electrons. The number of amides is 1. The number of carbonyl (C=O) groups excluding carboxylic acids is 1. The van der Waals surface area contributed by atoms with Gasteiger partial charge in [0.25, 0.3) is 0 Å². The Labute approximate surface area is 203 Å². The van der Waals surface area contributed by atoms with Crippen LogP contribution in [0.25, 0.3) is 5.69 Å². The average molecular weight is 477 g/mol. The van der Waals surface area contributed by atoms with Crippen LogP contribution < -0.4 is 5.32 Å². The summed E-state index contributed by atoms with van der Waals surface area (Å²) in [7, 11) is 0. The Morgan fingerprint density at radius 3 is 2.45 bits per heavy atom. The Morgan fingerprint density at radius 1 is 0.939 bits per heavy atom. The van der Waals surface area contributed by atoms with Gasteiger partial charge in [-0.15, -0.1) is 10.2 Å². The Hall–Kier alpha value is -3.09. The molecule has 33 heavy (non-hydrogen) atoms. The molecule has 0 aliphatic carbocycles. The third kappa shape index (κ3) is 5.64. The maximum atomic E-state index is 12.7. The van der Waals surface area contributed by atoms with Crippen molar-refractivity contribution in [3.8, 4) is 5.69 Å². The highest BCUT2D eigenvalue weighted by atomic mass is 35.5. The molecule has 168 valence electrons. The average Bonchev–Trinajstić information content (AvgIpc) is 3.20. The van der Waals surface area contributed by atoms with Crippen LogP contribution in [0, 0.1) is 20.8 Å². The van der Waals surface area contributed by atoms with E-state index in [0.29, 0.717) is 22.3 Å². The molecule has 1 amide bonds. The number of anilines is 1. The minimum absolute atomic E-state index is 0.121. The maximum absolute atomic E-state index is 12.7. The first-order chi connectivity index (χ1) is 15.9. The number of aromatic nitrogens is 3. The van der Waals surface area contributed by atoms with Crippen molar-refractivity contribution in [3.63, 3.8) is 0 Å². The SMILES string of the molecule is Cc1ccc(-n2c(Cc3ccccc3)nnc2SCC(=O)Nc2cc(Cl)ccc2C)cc1C. The molecule has 0 saturated heterocycles. The number of rotatable bonds is 7. The molecule has 5 nitrogen and oxygen atoms in total. The van der Waals surface area contributed by atoms with Gasteiger partial charge in [-0.2, -0.15) is 0 Å². The van der Waals surface area contributed by atoms with E-state index in [9.17, 15) is 4.79 Å². The van der Waals surface area contributed by atoms with Crippen molar-refractivity contribution in [2.45, 2.75) is 32.3 Å². The summed E-state index contributed by atoms with van der Waals surface area (Å²) in [6.07, 6.45) is 0.648. The first kappa shape index (κ1) is 23.1. The number of thioether (sulfide) groups is 1. The van der Waals surface area contributed by atoms with Crippen LogP contribution in [0.2, 0.25) is 5.02 Å². The summed E-state index contributed by atoms with van der Waals surface area (Å²) in [6.45, 7) is 6.12. The molecule has 0 bridgehead atoms. The van der Waals surface area contributed by atoms with Crippen LogP contribution in [0.1, 0.15) is 28.1 Å². The second-order valence-electron chi connectivity index (χ2n) is 7.96. The van der Waals surface area contributed by atoms with E-state index in [1.165, 1.54) is 22.9 Å². The summed E-state index contributed by atoms with van der Waals surface area (Å²) in [5, 5.41) is 13.1. The third-order valence-corrected chi connectivity index (χ3v) is 6.62. The van der Waals surface area contributed by atoms with E-state index >= 15 is 0 Å². The number of nitrogens with one attached hydrogen (secondary N) is 1. The van der Waals surface area contributed by atoms with Gasteiger partial charge in [-0.25, -0.2) is 0 Å². The van der Waals surface area contributed by atoms with Crippen molar-refractivity contribution in [1.29, 1.82) is 0 Å². The summed E-state index contributed by atoms with van der Waals surface area (Å²) in [6, 6.07) is 21.9. The lowest BCUT2D eigenvalue weighted by Gasteiger charge is -2.13. The lowest BCUT2D eigenvalue weighted by molar-refractivity contribution is -0.113. The van der Waals surface area contributed by atoms with E-state index in [2.05, 4.69) is 59.7 Å². The predicted octanol–water partition coefficient (Wildman–Crippen LogP) is 6.17. The van der Waals surface area contributed by atoms with E-state index < -0.39 is 0 Å². The van der Waals surface area contributed by atoms with Crippen molar-refractivity contribution in [2.75, 3.05) is 11.1 Å². The summed E-state index contributed by atoms with van der Waals surface area (Å²) in [5.74, 6) is 0.919. The quantitative estimate of drug-likeness (QED) is 0.324. The first-order valence-electron chi connectivity index (χ1n) is 10.7. The van der Waals surface area contributed by atoms with Gasteiger partial charge in [0.1, 0.15) is 5.82 Å². The highest BCUT2D eigenvalue weighted by Crippen LogP contribution is 2.26. The number of hydrogen-bond acceptors (Lipinski definition) is 4. The van der Waals surface area contributed by atoms with Gasteiger partial charge in [0.05, 0.1) is 5.75 Å². The standard InChI is InChI=1S/C26H25ClN4OS/c1-17-10-12-22(13-19(17)3)31-24(14-20-7-5-4-6-8-20)29-30-26(31)33-16-25(32)28-23-15-21(27)11-9-18(23)2/h4-13,15H,14,16H2,1-3H3,(H,28,32). The van der Waals surface area contributed by atoms with Gasteiger partial charge in [-0.1, -0.05) is 65.8 Å². The molecule has 1 aromatic heterocycles.